The van der Waals surface area contributed by atoms with Crippen molar-refractivity contribution in [2.45, 2.75) is 6.42 Å². The van der Waals surface area contributed by atoms with E-state index < -0.39 is 0 Å². The van der Waals surface area contributed by atoms with Gasteiger partial charge in [-0.05, 0) is 17.6 Å². The van der Waals surface area contributed by atoms with Crippen molar-refractivity contribution < 1.29 is 49.2 Å². The molecule has 2 aromatic carbocycles. The van der Waals surface area contributed by atoms with E-state index in [1.807, 2.05) is 60.7 Å². The fraction of sp³-hybridized carbons (Fsp3) is 0.0435. The monoisotopic (exact) mass is 532 g/mol. The van der Waals surface area contributed by atoms with Gasteiger partial charge in [0.25, 0.3) is 0 Å². The maximum Gasteiger partial charge on any atom is 2.00 e. The van der Waals surface area contributed by atoms with Gasteiger partial charge in [-0.25, -0.2) is 24.3 Å². The zero-order valence-electron chi connectivity index (χ0n) is 14.6. The molecule has 4 heteroatoms. The third-order valence-corrected chi connectivity index (χ3v) is 3.40. The van der Waals surface area contributed by atoms with Crippen LogP contribution < -0.4 is 10.2 Å². The molecule has 2 aliphatic carbocycles. The first-order valence-corrected chi connectivity index (χ1v) is 8.10. The van der Waals surface area contributed by atoms with Crippen LogP contribution in [0, 0.1) is 0 Å². The van der Waals surface area contributed by atoms with E-state index in [0.29, 0.717) is 11.1 Å². The Morgan fingerprint density at radius 1 is 0.593 bits per heavy atom. The van der Waals surface area contributed by atoms with Crippen molar-refractivity contribution in [1.29, 1.82) is 0 Å². The van der Waals surface area contributed by atoms with Gasteiger partial charge in [-0.1, -0.05) is 48.6 Å². The van der Waals surface area contributed by atoms with Crippen LogP contribution in [0.25, 0.3) is 0 Å². The SMILES string of the molecule is [O-]C(CC([O-])=C1C=CC=C1)=C1C=CC=C1.[Ru+2].[Ru+2].c1cc[cH-]c1.c1cc[cH-]c1. The third kappa shape index (κ3) is 10.0. The first kappa shape index (κ1) is 25.0. The average Bonchev–Trinajstić information content (AvgIpc) is 3.48. The van der Waals surface area contributed by atoms with E-state index in [1.54, 1.807) is 48.6 Å². The average molecular weight is 531 g/mol. The molecule has 0 amide bonds. The molecule has 140 valence electrons. The number of rotatable bonds is 2. The summed E-state index contributed by atoms with van der Waals surface area (Å²) in [6, 6.07) is 20.0. The fourth-order valence-corrected chi connectivity index (χ4v) is 2.11. The molecule has 0 atom stereocenters. The number of allylic oxidation sites excluding steroid dienone is 10. The predicted octanol–water partition coefficient (Wildman–Crippen LogP) is 3.66. The standard InChI is InChI=1S/C13H12O2.2C5H5.2Ru/c14-12(10-5-1-2-6-10)9-13(15)11-7-3-4-8-11;2*1-2-4-5-3-1;;/h1-8,14-15H,9H2;2*1-5H;;/q;2*-1;2*+2/p-2. The van der Waals surface area contributed by atoms with Crippen LogP contribution in [0.3, 0.4) is 0 Å². The molecule has 0 heterocycles. The van der Waals surface area contributed by atoms with Gasteiger partial charge < -0.3 is 10.2 Å². The molecular formula is C23H20O2Ru2. The number of hydrogen-bond donors (Lipinski definition) is 0. The topological polar surface area (TPSA) is 46.1 Å². The second kappa shape index (κ2) is 15.1. The molecule has 0 aromatic heterocycles. The molecule has 2 aliphatic rings. The number of hydrogen-bond acceptors (Lipinski definition) is 2. The second-order valence-electron chi connectivity index (χ2n) is 5.29. The molecule has 0 unspecified atom stereocenters. The van der Waals surface area contributed by atoms with Crippen molar-refractivity contribution in [2.24, 2.45) is 0 Å². The van der Waals surface area contributed by atoms with Gasteiger partial charge in [0.15, 0.2) is 0 Å². The summed E-state index contributed by atoms with van der Waals surface area (Å²) in [5.41, 5.74) is 1.21. The third-order valence-electron chi connectivity index (χ3n) is 3.40. The van der Waals surface area contributed by atoms with Gasteiger partial charge in [0.1, 0.15) is 0 Å². The Balaban J connectivity index is 0.000000465. The molecule has 27 heavy (non-hydrogen) atoms. The quantitative estimate of drug-likeness (QED) is 0.338. The maximum absolute atomic E-state index is 11.6. The zero-order valence-corrected chi connectivity index (χ0v) is 18.1. The van der Waals surface area contributed by atoms with Gasteiger partial charge in [0.2, 0.25) is 0 Å². The van der Waals surface area contributed by atoms with E-state index in [4.69, 9.17) is 0 Å². The minimum atomic E-state index is -0.119. The summed E-state index contributed by atoms with van der Waals surface area (Å²) in [5.74, 6) is -0.239. The molecule has 0 N–H and O–H groups in total. The van der Waals surface area contributed by atoms with E-state index in [2.05, 4.69) is 0 Å². The molecule has 0 aliphatic heterocycles. The summed E-state index contributed by atoms with van der Waals surface area (Å²) in [5, 5.41) is 23.2. The van der Waals surface area contributed by atoms with Crippen LogP contribution in [0.2, 0.25) is 0 Å². The van der Waals surface area contributed by atoms with Crippen LogP contribution in [0.1, 0.15) is 6.42 Å². The van der Waals surface area contributed by atoms with Crippen LogP contribution >= 0.6 is 0 Å². The Labute approximate surface area is 186 Å². The summed E-state index contributed by atoms with van der Waals surface area (Å²) in [6.45, 7) is 0. The maximum atomic E-state index is 11.6. The Morgan fingerprint density at radius 3 is 1.11 bits per heavy atom. The van der Waals surface area contributed by atoms with Crippen molar-refractivity contribution in [3.05, 3.63) is 132 Å². The van der Waals surface area contributed by atoms with E-state index in [1.165, 1.54) is 0 Å². The van der Waals surface area contributed by atoms with Gasteiger partial charge in [-0.2, -0.15) is 36.4 Å². The summed E-state index contributed by atoms with van der Waals surface area (Å²) >= 11 is 0. The van der Waals surface area contributed by atoms with E-state index in [0.717, 1.165) is 0 Å². The van der Waals surface area contributed by atoms with Crippen molar-refractivity contribution in [1.82, 2.24) is 0 Å². The van der Waals surface area contributed by atoms with Crippen LogP contribution in [-0.4, -0.2) is 0 Å². The molecule has 0 radical (unpaired) electrons. The molecule has 0 spiro atoms. The molecule has 4 rings (SSSR count). The summed E-state index contributed by atoms with van der Waals surface area (Å²) in [4.78, 5) is 0. The van der Waals surface area contributed by atoms with Crippen molar-refractivity contribution >= 4 is 0 Å². The first-order chi connectivity index (χ1) is 12.3. The summed E-state index contributed by atoms with van der Waals surface area (Å²) < 4.78 is 0. The van der Waals surface area contributed by atoms with Gasteiger partial charge in [-0.15, -0.1) is 11.5 Å². The van der Waals surface area contributed by atoms with Crippen molar-refractivity contribution in [2.75, 3.05) is 0 Å². The zero-order chi connectivity index (χ0) is 17.7. The molecule has 0 saturated carbocycles. The van der Waals surface area contributed by atoms with Crippen LogP contribution in [0.5, 0.6) is 0 Å². The van der Waals surface area contributed by atoms with Gasteiger partial charge in [0, 0.05) is 0 Å². The van der Waals surface area contributed by atoms with Gasteiger partial charge in [-0.3, -0.25) is 0 Å². The van der Waals surface area contributed by atoms with E-state index in [-0.39, 0.29) is 56.9 Å². The minimum absolute atomic E-state index is 0. The molecule has 0 saturated heterocycles. The largest absolute Gasteiger partial charge is 2.00 e. The molecule has 0 bridgehead atoms. The van der Waals surface area contributed by atoms with E-state index in [9.17, 15) is 10.2 Å². The Morgan fingerprint density at radius 2 is 0.889 bits per heavy atom. The van der Waals surface area contributed by atoms with Crippen LogP contribution in [0.4, 0.5) is 0 Å². The molecule has 2 aromatic rings. The molecule has 2 nitrogen and oxygen atoms in total. The summed E-state index contributed by atoms with van der Waals surface area (Å²) in [6.07, 6.45) is 14.0. The molecular weight excluding hydrogens is 510 g/mol. The normalized spacial score (nSPS) is 12.3. The van der Waals surface area contributed by atoms with Crippen molar-refractivity contribution in [3.63, 3.8) is 0 Å². The summed E-state index contributed by atoms with van der Waals surface area (Å²) in [7, 11) is 0. The van der Waals surface area contributed by atoms with E-state index >= 15 is 0 Å². The molecule has 0 fully saturated rings. The Hall–Kier alpha value is -2.01. The van der Waals surface area contributed by atoms with Gasteiger partial charge in [0.05, 0.1) is 0 Å². The van der Waals surface area contributed by atoms with Crippen molar-refractivity contribution in [3.8, 4) is 0 Å². The fourth-order valence-electron chi connectivity index (χ4n) is 2.11. The van der Waals surface area contributed by atoms with Crippen LogP contribution in [-0.2, 0) is 39.0 Å². The second-order valence-corrected chi connectivity index (χ2v) is 5.29. The Kier molecular flexibility index (Phi) is 14.0. The van der Waals surface area contributed by atoms with Crippen LogP contribution in [0.15, 0.2) is 132 Å². The predicted molar refractivity (Wildman–Crippen MR) is 99.3 cm³/mol. The first-order valence-electron chi connectivity index (χ1n) is 8.10. The van der Waals surface area contributed by atoms with Gasteiger partial charge >= 0.3 is 39.0 Å². The Bertz CT molecular complexity index is 657. The minimum Gasteiger partial charge on any atom is -0.875 e. The smallest absolute Gasteiger partial charge is 0.875 e.